The van der Waals surface area contributed by atoms with Crippen LogP contribution in [0.4, 0.5) is 17.1 Å². The van der Waals surface area contributed by atoms with Crippen molar-refractivity contribution >= 4 is 23.0 Å². The first kappa shape index (κ1) is 14.2. The SMILES string of the molecule is C=C1CCc2cc(Nc3ccc(C(=O)OC)cc3)ccc2N1. The molecule has 0 aromatic heterocycles. The summed E-state index contributed by atoms with van der Waals surface area (Å²) in [5.74, 6) is -0.327. The van der Waals surface area contributed by atoms with Gasteiger partial charge in [0.2, 0.25) is 0 Å². The lowest BCUT2D eigenvalue weighted by Gasteiger charge is -2.21. The lowest BCUT2D eigenvalue weighted by atomic mass is 10.0. The number of hydrogen-bond donors (Lipinski definition) is 2. The largest absolute Gasteiger partial charge is 0.465 e. The van der Waals surface area contributed by atoms with E-state index < -0.39 is 0 Å². The Morgan fingerprint density at radius 1 is 1.14 bits per heavy atom. The molecule has 2 aromatic rings. The van der Waals surface area contributed by atoms with Crippen molar-refractivity contribution in [3.8, 4) is 0 Å². The fourth-order valence-corrected chi connectivity index (χ4v) is 2.51. The molecule has 2 N–H and O–H groups in total. The first-order valence-corrected chi connectivity index (χ1v) is 7.19. The summed E-state index contributed by atoms with van der Waals surface area (Å²) in [7, 11) is 1.38. The third kappa shape index (κ3) is 2.96. The van der Waals surface area contributed by atoms with Gasteiger partial charge in [0.25, 0.3) is 0 Å². The molecule has 0 amide bonds. The Balaban J connectivity index is 1.76. The molecule has 4 nitrogen and oxygen atoms in total. The van der Waals surface area contributed by atoms with Gasteiger partial charge in [0.05, 0.1) is 12.7 Å². The molecule has 1 aliphatic heterocycles. The fraction of sp³-hybridized carbons (Fsp3) is 0.167. The van der Waals surface area contributed by atoms with Gasteiger partial charge in [-0.3, -0.25) is 0 Å². The lowest BCUT2D eigenvalue weighted by Crippen LogP contribution is -2.09. The van der Waals surface area contributed by atoms with Crippen molar-refractivity contribution < 1.29 is 9.53 Å². The highest BCUT2D eigenvalue weighted by Crippen LogP contribution is 2.29. The van der Waals surface area contributed by atoms with Crippen molar-refractivity contribution in [2.75, 3.05) is 17.7 Å². The van der Waals surface area contributed by atoms with Crippen LogP contribution in [0.1, 0.15) is 22.3 Å². The van der Waals surface area contributed by atoms with Crippen LogP contribution in [-0.2, 0) is 11.2 Å². The van der Waals surface area contributed by atoms with Gasteiger partial charge >= 0.3 is 5.97 Å². The summed E-state index contributed by atoms with van der Waals surface area (Å²) in [5.41, 5.74) is 5.97. The molecule has 22 heavy (non-hydrogen) atoms. The van der Waals surface area contributed by atoms with Crippen LogP contribution in [0.5, 0.6) is 0 Å². The summed E-state index contributed by atoms with van der Waals surface area (Å²) in [6.07, 6.45) is 1.96. The van der Waals surface area contributed by atoms with E-state index in [1.54, 1.807) is 12.1 Å². The summed E-state index contributed by atoms with van der Waals surface area (Å²) in [5, 5.41) is 6.65. The molecule has 112 valence electrons. The van der Waals surface area contributed by atoms with Crippen LogP contribution in [0.25, 0.3) is 0 Å². The first-order chi connectivity index (χ1) is 10.7. The molecule has 0 saturated carbocycles. The van der Waals surface area contributed by atoms with Gasteiger partial charge in [0.1, 0.15) is 0 Å². The van der Waals surface area contributed by atoms with Crippen LogP contribution in [0.15, 0.2) is 54.7 Å². The Morgan fingerprint density at radius 2 is 1.86 bits per heavy atom. The van der Waals surface area contributed by atoms with Gasteiger partial charge in [-0.2, -0.15) is 0 Å². The average molecular weight is 294 g/mol. The van der Waals surface area contributed by atoms with Crippen LogP contribution in [0.2, 0.25) is 0 Å². The number of methoxy groups -OCH3 is 1. The number of carbonyl (C=O) groups excluding carboxylic acids is 1. The number of aryl methyl sites for hydroxylation is 1. The van der Waals surface area contributed by atoms with Crippen molar-refractivity contribution in [2.24, 2.45) is 0 Å². The third-order valence-electron chi connectivity index (χ3n) is 3.71. The number of nitrogens with one attached hydrogen (secondary N) is 2. The molecule has 0 fully saturated rings. The van der Waals surface area contributed by atoms with E-state index in [0.29, 0.717) is 5.56 Å². The number of anilines is 3. The van der Waals surface area contributed by atoms with Crippen molar-refractivity contribution in [3.05, 3.63) is 65.9 Å². The van der Waals surface area contributed by atoms with Crippen LogP contribution < -0.4 is 10.6 Å². The molecular formula is C18H18N2O2. The Hall–Kier alpha value is -2.75. The Morgan fingerprint density at radius 3 is 2.59 bits per heavy atom. The minimum atomic E-state index is -0.327. The summed E-state index contributed by atoms with van der Waals surface area (Å²) in [6, 6.07) is 13.5. The van der Waals surface area contributed by atoms with Crippen LogP contribution in [0.3, 0.4) is 0 Å². The number of carbonyl (C=O) groups is 1. The molecule has 0 radical (unpaired) electrons. The number of hydrogen-bond acceptors (Lipinski definition) is 4. The average Bonchev–Trinajstić information content (AvgIpc) is 2.55. The minimum absolute atomic E-state index is 0.327. The topological polar surface area (TPSA) is 50.4 Å². The van der Waals surface area contributed by atoms with Gasteiger partial charge in [-0.1, -0.05) is 6.58 Å². The van der Waals surface area contributed by atoms with E-state index in [1.807, 2.05) is 18.2 Å². The summed E-state index contributed by atoms with van der Waals surface area (Å²) < 4.78 is 4.69. The van der Waals surface area contributed by atoms with E-state index in [1.165, 1.54) is 12.7 Å². The highest BCUT2D eigenvalue weighted by molar-refractivity contribution is 5.89. The molecule has 0 spiro atoms. The van der Waals surface area contributed by atoms with Crippen LogP contribution in [0, 0.1) is 0 Å². The van der Waals surface area contributed by atoms with Crippen LogP contribution >= 0.6 is 0 Å². The molecule has 0 bridgehead atoms. The van der Waals surface area contributed by atoms with E-state index in [4.69, 9.17) is 4.74 Å². The number of esters is 1. The van der Waals surface area contributed by atoms with Crippen molar-refractivity contribution in [1.82, 2.24) is 0 Å². The molecule has 2 aromatic carbocycles. The van der Waals surface area contributed by atoms with Gasteiger partial charge in [-0.15, -0.1) is 0 Å². The number of fused-ring (bicyclic) bond motifs is 1. The van der Waals surface area contributed by atoms with Gasteiger partial charge < -0.3 is 15.4 Å². The zero-order valence-electron chi connectivity index (χ0n) is 12.5. The van der Waals surface area contributed by atoms with Crippen molar-refractivity contribution in [2.45, 2.75) is 12.8 Å². The van der Waals surface area contributed by atoms with Gasteiger partial charge in [-0.25, -0.2) is 4.79 Å². The normalized spacial score (nSPS) is 13.0. The van der Waals surface area contributed by atoms with E-state index in [-0.39, 0.29) is 5.97 Å². The Bertz CT molecular complexity index is 720. The molecule has 4 heteroatoms. The van der Waals surface area contributed by atoms with E-state index in [9.17, 15) is 4.79 Å². The number of benzene rings is 2. The van der Waals surface area contributed by atoms with E-state index in [2.05, 4.69) is 29.3 Å². The maximum absolute atomic E-state index is 11.4. The van der Waals surface area contributed by atoms with Crippen molar-refractivity contribution in [3.63, 3.8) is 0 Å². The Kier molecular flexibility index (Phi) is 3.83. The summed E-state index contributed by atoms with van der Waals surface area (Å²) in [4.78, 5) is 11.4. The second-order valence-corrected chi connectivity index (χ2v) is 5.29. The van der Waals surface area contributed by atoms with Gasteiger partial charge in [0, 0.05) is 22.8 Å². The minimum Gasteiger partial charge on any atom is -0.465 e. The Labute approximate surface area is 129 Å². The molecule has 1 heterocycles. The first-order valence-electron chi connectivity index (χ1n) is 7.19. The van der Waals surface area contributed by atoms with Gasteiger partial charge in [0.15, 0.2) is 0 Å². The van der Waals surface area contributed by atoms with Crippen molar-refractivity contribution in [1.29, 1.82) is 0 Å². The van der Waals surface area contributed by atoms with E-state index in [0.717, 1.165) is 35.6 Å². The zero-order chi connectivity index (χ0) is 15.5. The molecule has 1 aliphatic rings. The highest BCUT2D eigenvalue weighted by Gasteiger charge is 2.11. The molecular weight excluding hydrogens is 276 g/mol. The third-order valence-corrected chi connectivity index (χ3v) is 3.71. The van der Waals surface area contributed by atoms with Crippen LogP contribution in [-0.4, -0.2) is 13.1 Å². The number of ether oxygens (including phenoxy) is 1. The monoisotopic (exact) mass is 294 g/mol. The highest BCUT2D eigenvalue weighted by atomic mass is 16.5. The summed E-state index contributed by atoms with van der Waals surface area (Å²) >= 11 is 0. The standard InChI is InChI=1S/C18H18N2O2/c1-12-3-4-14-11-16(9-10-17(14)19-12)20-15-7-5-13(6-8-15)18(21)22-2/h5-11,19-20H,1,3-4H2,2H3. The van der Waals surface area contributed by atoms with E-state index >= 15 is 0 Å². The second kappa shape index (κ2) is 5.93. The predicted octanol–water partition coefficient (Wildman–Crippen LogP) is 4.09. The number of allylic oxidation sites excluding steroid dienone is 1. The number of rotatable bonds is 3. The summed E-state index contributed by atoms with van der Waals surface area (Å²) in [6.45, 7) is 3.97. The fourth-order valence-electron chi connectivity index (χ4n) is 2.51. The zero-order valence-corrected chi connectivity index (χ0v) is 12.5. The molecule has 0 aliphatic carbocycles. The quantitative estimate of drug-likeness (QED) is 0.837. The molecule has 0 unspecified atom stereocenters. The van der Waals surface area contributed by atoms with Gasteiger partial charge in [-0.05, 0) is 60.9 Å². The molecule has 0 saturated heterocycles. The second-order valence-electron chi connectivity index (χ2n) is 5.29. The smallest absolute Gasteiger partial charge is 0.337 e. The lowest BCUT2D eigenvalue weighted by molar-refractivity contribution is 0.0601. The molecule has 3 rings (SSSR count). The maximum Gasteiger partial charge on any atom is 0.337 e. The predicted molar refractivity (Wildman–Crippen MR) is 88.6 cm³/mol. The maximum atomic E-state index is 11.4. The molecule has 0 atom stereocenters.